The fraction of sp³-hybridized carbons (Fsp3) is 0.333. The van der Waals surface area contributed by atoms with E-state index in [0.717, 1.165) is 24.1 Å². The van der Waals surface area contributed by atoms with Gasteiger partial charge >= 0.3 is 5.97 Å². The number of aromatic amines is 1. The summed E-state index contributed by atoms with van der Waals surface area (Å²) in [6.07, 6.45) is 2.94. The van der Waals surface area contributed by atoms with Gasteiger partial charge in [0.15, 0.2) is 0 Å². The molecule has 3 rings (SSSR count). The number of hydrogen-bond acceptors (Lipinski definition) is 6. The lowest BCUT2D eigenvalue weighted by atomic mass is 10.1. The highest BCUT2D eigenvalue weighted by Gasteiger charge is 2.19. The summed E-state index contributed by atoms with van der Waals surface area (Å²) in [7, 11) is 0. The number of nitrogens with zero attached hydrogens (tertiary/aromatic N) is 4. The van der Waals surface area contributed by atoms with E-state index in [9.17, 15) is 4.79 Å². The molecule has 0 radical (unpaired) electrons. The van der Waals surface area contributed by atoms with E-state index in [1.807, 2.05) is 35.2 Å². The van der Waals surface area contributed by atoms with Gasteiger partial charge in [0.1, 0.15) is 6.61 Å². The molecule has 0 saturated heterocycles. The van der Waals surface area contributed by atoms with Gasteiger partial charge in [0.05, 0.1) is 6.54 Å². The van der Waals surface area contributed by atoms with Crippen LogP contribution in [0.3, 0.4) is 0 Å². The summed E-state index contributed by atoms with van der Waals surface area (Å²) < 4.78 is 5.31. The Morgan fingerprint density at radius 1 is 1.32 bits per heavy atom. The standard InChI is InChI=1S/C15H17N5O2/c21-14(22-11-12-5-2-1-3-6-12)10-20-8-4-7-13(9-20)15-16-18-19-17-15/h1-3,5-7H,4,8-11H2,(H,16,17,18,19). The first-order valence-electron chi connectivity index (χ1n) is 7.16. The van der Waals surface area contributed by atoms with Crippen LogP contribution in [0, 0.1) is 0 Å². The maximum atomic E-state index is 11.9. The van der Waals surface area contributed by atoms with Gasteiger partial charge in [-0.25, -0.2) is 0 Å². The van der Waals surface area contributed by atoms with Crippen LogP contribution < -0.4 is 0 Å². The Kier molecular flexibility index (Phi) is 4.55. The zero-order valence-electron chi connectivity index (χ0n) is 12.1. The first-order valence-corrected chi connectivity index (χ1v) is 7.16. The van der Waals surface area contributed by atoms with Crippen LogP contribution in [0.15, 0.2) is 36.4 Å². The summed E-state index contributed by atoms with van der Waals surface area (Å²) in [5, 5.41) is 13.9. The number of benzene rings is 1. The topological polar surface area (TPSA) is 84.0 Å². The third-order valence-electron chi connectivity index (χ3n) is 3.46. The van der Waals surface area contributed by atoms with E-state index in [2.05, 4.69) is 26.7 Å². The highest BCUT2D eigenvalue weighted by atomic mass is 16.5. The van der Waals surface area contributed by atoms with Gasteiger partial charge < -0.3 is 4.74 Å². The fourth-order valence-corrected chi connectivity index (χ4v) is 2.37. The minimum Gasteiger partial charge on any atom is -0.460 e. The van der Waals surface area contributed by atoms with E-state index in [-0.39, 0.29) is 12.5 Å². The van der Waals surface area contributed by atoms with Crippen molar-refractivity contribution in [3.63, 3.8) is 0 Å². The quantitative estimate of drug-likeness (QED) is 0.830. The first kappa shape index (κ1) is 14.4. The van der Waals surface area contributed by atoms with E-state index < -0.39 is 0 Å². The molecule has 0 spiro atoms. The summed E-state index contributed by atoms with van der Waals surface area (Å²) in [4.78, 5) is 14.0. The van der Waals surface area contributed by atoms with Crippen molar-refractivity contribution in [3.05, 3.63) is 47.8 Å². The Labute approximate surface area is 128 Å². The Morgan fingerprint density at radius 2 is 2.18 bits per heavy atom. The fourth-order valence-electron chi connectivity index (χ4n) is 2.37. The molecule has 0 bridgehead atoms. The van der Waals surface area contributed by atoms with Crippen molar-refractivity contribution in [1.29, 1.82) is 0 Å². The lowest BCUT2D eigenvalue weighted by Crippen LogP contribution is -2.35. The molecule has 7 nitrogen and oxygen atoms in total. The molecule has 1 aliphatic heterocycles. The molecule has 2 heterocycles. The van der Waals surface area contributed by atoms with Crippen molar-refractivity contribution in [2.45, 2.75) is 13.0 Å². The second-order valence-electron chi connectivity index (χ2n) is 5.11. The van der Waals surface area contributed by atoms with Crippen molar-refractivity contribution < 1.29 is 9.53 Å². The van der Waals surface area contributed by atoms with Gasteiger partial charge in [-0.3, -0.25) is 9.69 Å². The molecular formula is C15H17N5O2. The Bertz CT molecular complexity index is 639. The average Bonchev–Trinajstić information content (AvgIpc) is 3.09. The van der Waals surface area contributed by atoms with Crippen molar-refractivity contribution in [2.24, 2.45) is 0 Å². The molecule has 22 heavy (non-hydrogen) atoms. The Morgan fingerprint density at radius 3 is 2.95 bits per heavy atom. The van der Waals surface area contributed by atoms with Crippen molar-refractivity contribution in [1.82, 2.24) is 25.5 Å². The molecule has 0 unspecified atom stereocenters. The van der Waals surface area contributed by atoms with E-state index in [0.29, 0.717) is 19.0 Å². The highest BCUT2D eigenvalue weighted by molar-refractivity contribution is 5.72. The van der Waals surface area contributed by atoms with Gasteiger partial charge in [-0.05, 0) is 17.2 Å². The third-order valence-corrected chi connectivity index (χ3v) is 3.46. The van der Waals surface area contributed by atoms with Gasteiger partial charge in [-0.15, -0.1) is 10.2 Å². The molecule has 1 N–H and O–H groups in total. The van der Waals surface area contributed by atoms with Crippen LogP contribution in [0.25, 0.3) is 5.57 Å². The molecule has 0 saturated carbocycles. The molecule has 1 aromatic heterocycles. The summed E-state index contributed by atoms with van der Waals surface area (Å²) in [5.74, 6) is 0.362. The summed E-state index contributed by atoms with van der Waals surface area (Å²) in [6, 6.07) is 9.66. The SMILES string of the molecule is O=C(CN1CCC=C(c2nn[nH]n2)C1)OCc1ccccc1. The number of ether oxygens (including phenoxy) is 1. The smallest absolute Gasteiger partial charge is 0.320 e. The molecule has 1 aromatic carbocycles. The number of esters is 1. The maximum Gasteiger partial charge on any atom is 0.320 e. The lowest BCUT2D eigenvalue weighted by Gasteiger charge is -2.24. The zero-order valence-corrected chi connectivity index (χ0v) is 12.1. The first-order chi connectivity index (χ1) is 10.8. The Balaban J connectivity index is 1.49. The van der Waals surface area contributed by atoms with E-state index in [1.54, 1.807) is 0 Å². The van der Waals surface area contributed by atoms with Gasteiger partial charge in [-0.2, -0.15) is 5.21 Å². The number of nitrogens with one attached hydrogen (secondary N) is 1. The van der Waals surface area contributed by atoms with Crippen LogP contribution in [-0.4, -0.2) is 51.1 Å². The summed E-state index contributed by atoms with van der Waals surface area (Å²) >= 11 is 0. The normalized spacial score (nSPS) is 15.4. The van der Waals surface area contributed by atoms with Crippen LogP contribution >= 0.6 is 0 Å². The second-order valence-corrected chi connectivity index (χ2v) is 5.11. The van der Waals surface area contributed by atoms with Crippen LogP contribution in [0.2, 0.25) is 0 Å². The lowest BCUT2D eigenvalue weighted by molar-refractivity contribution is -0.146. The minimum atomic E-state index is -0.224. The van der Waals surface area contributed by atoms with Crippen molar-refractivity contribution in [3.8, 4) is 0 Å². The van der Waals surface area contributed by atoms with Crippen LogP contribution in [0.1, 0.15) is 17.8 Å². The molecule has 1 aliphatic rings. The predicted octanol–water partition coefficient (Wildman–Crippen LogP) is 1.03. The molecule has 0 amide bonds. The predicted molar refractivity (Wildman–Crippen MR) is 79.4 cm³/mol. The minimum absolute atomic E-state index is 0.224. The molecule has 114 valence electrons. The summed E-state index contributed by atoms with van der Waals surface area (Å²) in [6.45, 7) is 2.02. The number of carbonyl (C=O) groups excluding carboxylic acids is 1. The van der Waals surface area contributed by atoms with Gasteiger partial charge in [0, 0.05) is 18.7 Å². The molecule has 7 heteroatoms. The third kappa shape index (κ3) is 3.76. The van der Waals surface area contributed by atoms with Gasteiger partial charge in [-0.1, -0.05) is 36.4 Å². The van der Waals surface area contributed by atoms with Crippen LogP contribution in [0.4, 0.5) is 0 Å². The number of tetrazole rings is 1. The van der Waals surface area contributed by atoms with Crippen LogP contribution in [-0.2, 0) is 16.1 Å². The average molecular weight is 299 g/mol. The van der Waals surface area contributed by atoms with Crippen LogP contribution in [0.5, 0.6) is 0 Å². The second kappa shape index (κ2) is 6.95. The maximum absolute atomic E-state index is 11.9. The van der Waals surface area contributed by atoms with Gasteiger partial charge in [0.2, 0.25) is 5.82 Å². The van der Waals surface area contributed by atoms with Crippen molar-refractivity contribution >= 4 is 11.5 Å². The Hall–Kier alpha value is -2.54. The number of H-pyrrole nitrogens is 1. The largest absolute Gasteiger partial charge is 0.460 e. The number of carbonyl (C=O) groups is 1. The monoisotopic (exact) mass is 299 g/mol. The van der Waals surface area contributed by atoms with E-state index in [1.165, 1.54) is 0 Å². The molecular weight excluding hydrogens is 282 g/mol. The highest BCUT2D eigenvalue weighted by Crippen LogP contribution is 2.16. The van der Waals surface area contributed by atoms with Gasteiger partial charge in [0.25, 0.3) is 0 Å². The van der Waals surface area contributed by atoms with E-state index in [4.69, 9.17) is 4.74 Å². The number of aromatic nitrogens is 4. The molecule has 0 atom stereocenters. The summed E-state index contributed by atoms with van der Waals surface area (Å²) in [5.41, 5.74) is 1.97. The van der Waals surface area contributed by atoms with Crippen molar-refractivity contribution in [2.75, 3.05) is 19.6 Å². The molecule has 0 fully saturated rings. The number of hydrogen-bond donors (Lipinski definition) is 1. The number of rotatable bonds is 5. The van der Waals surface area contributed by atoms with E-state index >= 15 is 0 Å². The molecule has 0 aliphatic carbocycles. The molecule has 2 aromatic rings. The zero-order chi connectivity index (χ0) is 15.2.